The number of para-hydroxylation sites is 2. The number of hydrogen-bond donors (Lipinski definition) is 0. The predicted octanol–water partition coefficient (Wildman–Crippen LogP) is 4.72. The van der Waals surface area contributed by atoms with E-state index in [1.807, 2.05) is 13.8 Å². The Morgan fingerprint density at radius 3 is 2.32 bits per heavy atom. The Balaban J connectivity index is 1.97. The van der Waals surface area contributed by atoms with Crippen molar-refractivity contribution >= 4 is 17.6 Å². The first-order chi connectivity index (χ1) is 17.3. The molecular weight excluding hydrogens is 524 g/mol. The van der Waals surface area contributed by atoms with Crippen LogP contribution in [0.4, 0.5) is 17.6 Å². The minimum Gasteiger partial charge on any atom is -0.478 e. The standard InChI is InChI=1S/C24H21ClF4N2O6/c1-13(2)11-36-22(33)12-35-17-6-4-5-7-18(17)37-19-9-16(15(26)8-14(19)25)31-21(32)10-20(24(27,28)29)30(3)23(31)34/h4-10,13H,11-12H2,1-3H3. The van der Waals surface area contributed by atoms with E-state index < -0.39 is 47.2 Å². The number of aromatic nitrogens is 2. The maximum Gasteiger partial charge on any atom is 0.431 e. The van der Waals surface area contributed by atoms with Crippen LogP contribution < -0.4 is 20.7 Å². The van der Waals surface area contributed by atoms with Gasteiger partial charge >= 0.3 is 17.8 Å². The molecule has 0 bridgehead atoms. The SMILES string of the molecule is CC(C)COC(=O)COc1ccccc1Oc1cc(-n2c(=O)cc(C(F)(F)F)n(C)c2=O)c(F)cc1Cl. The van der Waals surface area contributed by atoms with Crippen LogP contribution in [0.3, 0.4) is 0 Å². The van der Waals surface area contributed by atoms with Crippen molar-refractivity contribution in [2.24, 2.45) is 13.0 Å². The van der Waals surface area contributed by atoms with Crippen LogP contribution in [0, 0.1) is 11.7 Å². The lowest BCUT2D eigenvalue weighted by molar-refractivity contribution is -0.147. The van der Waals surface area contributed by atoms with Gasteiger partial charge in [-0.1, -0.05) is 37.6 Å². The number of ether oxygens (including phenoxy) is 3. The molecule has 3 aromatic rings. The van der Waals surface area contributed by atoms with E-state index in [-0.39, 0.29) is 50.0 Å². The van der Waals surface area contributed by atoms with Gasteiger partial charge in [0.2, 0.25) is 0 Å². The Kier molecular flexibility index (Phi) is 8.32. The lowest BCUT2D eigenvalue weighted by atomic mass is 10.2. The summed E-state index contributed by atoms with van der Waals surface area (Å²) in [6.07, 6.45) is -4.98. The van der Waals surface area contributed by atoms with Gasteiger partial charge in [-0.15, -0.1) is 0 Å². The Bertz CT molecular complexity index is 1430. The average molecular weight is 545 g/mol. The molecule has 0 saturated heterocycles. The van der Waals surface area contributed by atoms with Gasteiger partial charge in [0.1, 0.15) is 17.3 Å². The summed E-state index contributed by atoms with van der Waals surface area (Å²) < 4.78 is 70.8. The third kappa shape index (κ3) is 6.50. The molecule has 3 rings (SSSR count). The highest BCUT2D eigenvalue weighted by Gasteiger charge is 2.35. The monoisotopic (exact) mass is 544 g/mol. The third-order valence-corrected chi connectivity index (χ3v) is 5.14. The highest BCUT2D eigenvalue weighted by atomic mass is 35.5. The Hall–Kier alpha value is -3.80. The Labute approximate surface area is 212 Å². The molecule has 1 aromatic heterocycles. The zero-order valence-electron chi connectivity index (χ0n) is 19.8. The van der Waals surface area contributed by atoms with E-state index in [1.54, 1.807) is 12.1 Å². The number of benzene rings is 2. The number of halogens is 5. The molecule has 0 saturated carbocycles. The summed E-state index contributed by atoms with van der Waals surface area (Å²) in [5, 5.41) is -0.274. The number of carbonyl (C=O) groups excluding carboxylic acids is 1. The topological polar surface area (TPSA) is 88.8 Å². The van der Waals surface area contributed by atoms with Crippen LogP contribution in [-0.2, 0) is 22.8 Å². The summed E-state index contributed by atoms with van der Waals surface area (Å²) in [5.41, 5.74) is -5.03. The maximum atomic E-state index is 14.8. The van der Waals surface area contributed by atoms with Crippen LogP contribution in [-0.4, -0.2) is 28.3 Å². The highest BCUT2D eigenvalue weighted by molar-refractivity contribution is 6.32. The number of hydrogen-bond acceptors (Lipinski definition) is 6. The van der Waals surface area contributed by atoms with Crippen molar-refractivity contribution in [3.05, 3.63) is 79.8 Å². The number of nitrogens with zero attached hydrogens (tertiary/aromatic N) is 2. The molecule has 0 unspecified atom stereocenters. The molecule has 37 heavy (non-hydrogen) atoms. The summed E-state index contributed by atoms with van der Waals surface area (Å²) in [6, 6.07) is 7.87. The fourth-order valence-electron chi connectivity index (χ4n) is 3.10. The molecule has 0 aliphatic carbocycles. The van der Waals surface area contributed by atoms with Crippen molar-refractivity contribution in [2.75, 3.05) is 13.2 Å². The lowest BCUT2D eigenvalue weighted by Crippen LogP contribution is -2.41. The van der Waals surface area contributed by atoms with E-state index in [9.17, 15) is 31.9 Å². The molecule has 0 amide bonds. The Morgan fingerprint density at radius 2 is 1.70 bits per heavy atom. The van der Waals surface area contributed by atoms with Crippen LogP contribution in [0.1, 0.15) is 19.5 Å². The molecule has 0 fully saturated rings. The molecule has 0 N–H and O–H groups in total. The second kappa shape index (κ2) is 11.1. The van der Waals surface area contributed by atoms with Gasteiger partial charge in [-0.2, -0.15) is 13.2 Å². The summed E-state index contributed by atoms with van der Waals surface area (Å²) >= 11 is 6.09. The summed E-state index contributed by atoms with van der Waals surface area (Å²) in [4.78, 5) is 36.9. The van der Waals surface area contributed by atoms with Gasteiger partial charge in [0, 0.05) is 19.2 Å². The molecule has 13 heteroatoms. The zero-order valence-corrected chi connectivity index (χ0v) is 20.5. The molecule has 198 valence electrons. The first-order valence-corrected chi connectivity index (χ1v) is 11.1. The number of alkyl halides is 3. The van der Waals surface area contributed by atoms with Crippen LogP contribution in [0.15, 0.2) is 52.1 Å². The first-order valence-electron chi connectivity index (χ1n) is 10.7. The van der Waals surface area contributed by atoms with E-state index in [1.165, 1.54) is 12.1 Å². The molecule has 8 nitrogen and oxygen atoms in total. The lowest BCUT2D eigenvalue weighted by Gasteiger charge is -2.16. The van der Waals surface area contributed by atoms with Crippen molar-refractivity contribution in [1.29, 1.82) is 0 Å². The minimum absolute atomic E-state index is 0.0336. The van der Waals surface area contributed by atoms with E-state index in [0.717, 1.165) is 19.2 Å². The van der Waals surface area contributed by atoms with Crippen molar-refractivity contribution in [2.45, 2.75) is 20.0 Å². The average Bonchev–Trinajstić information content (AvgIpc) is 2.81. The minimum atomic E-state index is -4.98. The summed E-state index contributed by atoms with van der Waals surface area (Å²) in [7, 11) is 0.798. The quantitative estimate of drug-likeness (QED) is 0.301. The molecular formula is C24H21ClF4N2O6. The van der Waals surface area contributed by atoms with Gasteiger partial charge in [0.25, 0.3) is 5.56 Å². The van der Waals surface area contributed by atoms with E-state index in [2.05, 4.69) is 0 Å². The van der Waals surface area contributed by atoms with Gasteiger partial charge < -0.3 is 14.2 Å². The fraction of sp³-hybridized carbons (Fsp3) is 0.292. The summed E-state index contributed by atoms with van der Waals surface area (Å²) in [5.74, 6) is -1.77. The maximum absolute atomic E-state index is 14.8. The van der Waals surface area contributed by atoms with E-state index >= 15 is 0 Å². The largest absolute Gasteiger partial charge is 0.478 e. The smallest absolute Gasteiger partial charge is 0.431 e. The van der Waals surface area contributed by atoms with Crippen LogP contribution in [0.2, 0.25) is 5.02 Å². The van der Waals surface area contributed by atoms with Crippen molar-refractivity contribution < 1.29 is 36.6 Å². The fourth-order valence-corrected chi connectivity index (χ4v) is 3.29. The molecule has 1 heterocycles. The zero-order chi connectivity index (χ0) is 27.5. The molecule has 0 aliphatic heterocycles. The van der Waals surface area contributed by atoms with Crippen LogP contribution in [0.5, 0.6) is 17.2 Å². The molecule has 0 atom stereocenters. The van der Waals surface area contributed by atoms with Gasteiger partial charge in [0.05, 0.1) is 17.3 Å². The highest BCUT2D eigenvalue weighted by Crippen LogP contribution is 2.37. The normalized spacial score (nSPS) is 11.5. The van der Waals surface area contributed by atoms with E-state index in [0.29, 0.717) is 0 Å². The molecule has 0 aliphatic rings. The number of esters is 1. The molecule has 2 aromatic carbocycles. The van der Waals surface area contributed by atoms with Crippen molar-refractivity contribution in [1.82, 2.24) is 9.13 Å². The predicted molar refractivity (Wildman–Crippen MR) is 125 cm³/mol. The summed E-state index contributed by atoms with van der Waals surface area (Å²) in [6.45, 7) is 3.50. The van der Waals surface area contributed by atoms with Gasteiger partial charge in [-0.05, 0) is 24.1 Å². The second-order valence-corrected chi connectivity index (χ2v) is 8.60. The van der Waals surface area contributed by atoms with Gasteiger partial charge in [-0.25, -0.2) is 18.5 Å². The second-order valence-electron chi connectivity index (χ2n) is 8.19. The number of rotatable bonds is 8. The van der Waals surface area contributed by atoms with Crippen LogP contribution >= 0.6 is 11.6 Å². The van der Waals surface area contributed by atoms with E-state index in [4.69, 9.17) is 25.8 Å². The van der Waals surface area contributed by atoms with Gasteiger partial charge in [0.15, 0.2) is 18.1 Å². The van der Waals surface area contributed by atoms with Gasteiger partial charge in [-0.3, -0.25) is 9.36 Å². The number of carbonyl (C=O) groups is 1. The first kappa shape index (κ1) is 27.8. The molecule has 0 radical (unpaired) electrons. The van der Waals surface area contributed by atoms with Crippen molar-refractivity contribution in [3.8, 4) is 22.9 Å². The van der Waals surface area contributed by atoms with Crippen LogP contribution in [0.25, 0.3) is 5.69 Å². The Morgan fingerprint density at radius 1 is 1.05 bits per heavy atom. The third-order valence-electron chi connectivity index (χ3n) is 4.85. The van der Waals surface area contributed by atoms with Crippen molar-refractivity contribution in [3.63, 3.8) is 0 Å². The molecule has 0 spiro atoms.